The number of carbonyl (C=O) groups is 1. The number of alkyl halides is 3. The van der Waals surface area contributed by atoms with Crippen LogP contribution in [-0.2, 0) is 21.0 Å². The predicted molar refractivity (Wildman–Crippen MR) is 126 cm³/mol. The summed E-state index contributed by atoms with van der Waals surface area (Å²) in [5, 5.41) is 2.62. The number of nitrogens with one attached hydrogen (secondary N) is 1. The lowest BCUT2D eigenvalue weighted by molar-refractivity contribution is -0.137. The molecule has 0 aliphatic rings. The van der Waals surface area contributed by atoms with E-state index in [1.54, 1.807) is 31.2 Å². The number of rotatable bonds is 7. The number of hydrogen-bond acceptors (Lipinski definition) is 3. The van der Waals surface area contributed by atoms with Crippen molar-refractivity contribution in [2.45, 2.75) is 37.8 Å². The van der Waals surface area contributed by atoms with Crippen molar-refractivity contribution in [1.82, 2.24) is 0 Å². The molecule has 0 radical (unpaired) electrons. The van der Waals surface area contributed by atoms with Crippen molar-refractivity contribution in [2.75, 3.05) is 16.2 Å². The Morgan fingerprint density at radius 2 is 1.59 bits per heavy atom. The Labute approximate surface area is 197 Å². The van der Waals surface area contributed by atoms with Gasteiger partial charge in [-0.2, -0.15) is 13.2 Å². The fourth-order valence-corrected chi connectivity index (χ4v) is 4.69. The molecule has 0 aromatic heterocycles. The molecule has 5 nitrogen and oxygen atoms in total. The molecule has 1 amide bonds. The number of halogens is 3. The van der Waals surface area contributed by atoms with Crippen LogP contribution in [0.2, 0.25) is 0 Å². The van der Waals surface area contributed by atoms with Crippen LogP contribution in [0.5, 0.6) is 0 Å². The van der Waals surface area contributed by atoms with Crippen LogP contribution >= 0.6 is 0 Å². The molecule has 0 spiro atoms. The van der Waals surface area contributed by atoms with Crippen LogP contribution in [0.15, 0.2) is 77.7 Å². The molecule has 0 aliphatic heterocycles. The SMILES string of the molecule is Cc1ccc(S(=O)(=O)N(CC(=O)Nc2ccc(C(C)C)cc2)c2cccc(C(F)(F)F)c2)cc1. The molecule has 0 heterocycles. The van der Waals surface area contributed by atoms with E-state index in [1.807, 2.05) is 26.0 Å². The Morgan fingerprint density at radius 3 is 2.15 bits per heavy atom. The minimum Gasteiger partial charge on any atom is -0.325 e. The molecule has 0 fully saturated rings. The zero-order chi connectivity index (χ0) is 25.1. The van der Waals surface area contributed by atoms with E-state index in [4.69, 9.17) is 0 Å². The van der Waals surface area contributed by atoms with Crippen LogP contribution < -0.4 is 9.62 Å². The fraction of sp³-hybridized carbons (Fsp3) is 0.240. The topological polar surface area (TPSA) is 66.5 Å². The smallest absolute Gasteiger partial charge is 0.325 e. The van der Waals surface area contributed by atoms with E-state index in [0.29, 0.717) is 15.9 Å². The summed E-state index contributed by atoms with van der Waals surface area (Å²) >= 11 is 0. The van der Waals surface area contributed by atoms with Gasteiger partial charge in [0.25, 0.3) is 10.0 Å². The van der Waals surface area contributed by atoms with Crippen molar-refractivity contribution in [1.29, 1.82) is 0 Å². The molecule has 3 aromatic carbocycles. The first-order chi connectivity index (χ1) is 15.9. The Balaban J connectivity index is 1.96. The maximum atomic E-state index is 13.4. The summed E-state index contributed by atoms with van der Waals surface area (Å²) in [5.41, 5.74) is 1.04. The van der Waals surface area contributed by atoms with Crippen LogP contribution in [0.4, 0.5) is 24.5 Å². The highest BCUT2D eigenvalue weighted by Gasteiger charge is 2.33. The first kappa shape index (κ1) is 25.3. The van der Waals surface area contributed by atoms with Gasteiger partial charge in [0.2, 0.25) is 5.91 Å². The first-order valence-corrected chi connectivity index (χ1v) is 12.0. The number of carbonyl (C=O) groups excluding carboxylic acids is 1. The molecule has 180 valence electrons. The highest BCUT2D eigenvalue weighted by Crippen LogP contribution is 2.33. The van der Waals surface area contributed by atoms with Crippen LogP contribution in [0.1, 0.15) is 36.5 Å². The van der Waals surface area contributed by atoms with E-state index in [1.165, 1.54) is 18.2 Å². The van der Waals surface area contributed by atoms with E-state index >= 15 is 0 Å². The molecule has 3 aromatic rings. The second-order valence-electron chi connectivity index (χ2n) is 8.20. The molecule has 0 aliphatic carbocycles. The molecule has 0 saturated carbocycles. The van der Waals surface area contributed by atoms with E-state index in [2.05, 4.69) is 5.32 Å². The van der Waals surface area contributed by atoms with Crippen LogP contribution in [0.3, 0.4) is 0 Å². The van der Waals surface area contributed by atoms with Crippen molar-refractivity contribution in [3.8, 4) is 0 Å². The molecular weight excluding hydrogens is 465 g/mol. The van der Waals surface area contributed by atoms with Gasteiger partial charge in [-0.1, -0.05) is 49.7 Å². The highest BCUT2D eigenvalue weighted by atomic mass is 32.2. The summed E-state index contributed by atoms with van der Waals surface area (Å²) in [6.45, 7) is 5.12. The average molecular weight is 491 g/mol. The van der Waals surface area contributed by atoms with Gasteiger partial charge in [-0.05, 0) is 60.9 Å². The molecule has 9 heteroatoms. The van der Waals surface area contributed by atoms with Crippen molar-refractivity contribution >= 4 is 27.3 Å². The number of hydrogen-bond donors (Lipinski definition) is 1. The maximum Gasteiger partial charge on any atom is 0.416 e. The van der Waals surface area contributed by atoms with Gasteiger partial charge in [0.05, 0.1) is 16.1 Å². The predicted octanol–water partition coefficient (Wildman–Crippen LogP) is 5.97. The minimum absolute atomic E-state index is 0.135. The quantitative estimate of drug-likeness (QED) is 0.444. The van der Waals surface area contributed by atoms with Crippen molar-refractivity contribution < 1.29 is 26.4 Å². The van der Waals surface area contributed by atoms with Crippen molar-refractivity contribution in [3.05, 3.63) is 89.5 Å². The van der Waals surface area contributed by atoms with Gasteiger partial charge in [-0.25, -0.2) is 8.42 Å². The molecule has 0 bridgehead atoms. The second kappa shape index (κ2) is 9.89. The Hall–Kier alpha value is -3.33. The van der Waals surface area contributed by atoms with Crippen molar-refractivity contribution in [3.63, 3.8) is 0 Å². The zero-order valence-electron chi connectivity index (χ0n) is 18.9. The summed E-state index contributed by atoms with van der Waals surface area (Å²) in [6.07, 6.45) is -4.67. The summed E-state index contributed by atoms with van der Waals surface area (Å²) < 4.78 is 67.3. The summed E-state index contributed by atoms with van der Waals surface area (Å²) in [5.74, 6) is -0.397. The number of aryl methyl sites for hydroxylation is 1. The van der Waals surface area contributed by atoms with Gasteiger partial charge in [-0.3, -0.25) is 9.10 Å². The highest BCUT2D eigenvalue weighted by molar-refractivity contribution is 7.92. The first-order valence-electron chi connectivity index (χ1n) is 10.5. The molecule has 0 atom stereocenters. The van der Waals surface area contributed by atoms with Crippen LogP contribution in [0.25, 0.3) is 0 Å². The summed E-state index contributed by atoms with van der Waals surface area (Å²) in [6, 6.07) is 16.8. The molecule has 0 saturated heterocycles. The second-order valence-corrected chi connectivity index (χ2v) is 10.1. The van der Waals surface area contributed by atoms with Crippen LogP contribution in [-0.4, -0.2) is 20.9 Å². The number of sulfonamides is 1. The van der Waals surface area contributed by atoms with Gasteiger partial charge >= 0.3 is 6.18 Å². The summed E-state index contributed by atoms with van der Waals surface area (Å²) in [4.78, 5) is 12.7. The average Bonchev–Trinajstić information content (AvgIpc) is 2.77. The number of benzene rings is 3. The molecule has 3 rings (SSSR count). The standard InChI is InChI=1S/C25H25F3N2O3S/c1-17(2)19-9-11-21(12-10-19)29-24(31)16-30(22-6-4-5-20(15-22)25(26,27)28)34(32,33)23-13-7-18(3)8-14-23/h4-15,17H,16H2,1-3H3,(H,29,31). The normalized spacial score (nSPS) is 12.0. The van der Waals surface area contributed by atoms with Gasteiger partial charge in [0.15, 0.2) is 0 Å². The number of nitrogens with zero attached hydrogens (tertiary/aromatic N) is 1. The van der Waals surface area contributed by atoms with E-state index in [9.17, 15) is 26.4 Å². The lowest BCUT2D eigenvalue weighted by Crippen LogP contribution is -2.38. The van der Waals surface area contributed by atoms with E-state index < -0.39 is 34.2 Å². The number of amides is 1. The number of anilines is 2. The minimum atomic E-state index is -4.67. The van der Waals surface area contributed by atoms with Gasteiger partial charge in [0, 0.05) is 5.69 Å². The lowest BCUT2D eigenvalue weighted by atomic mass is 10.0. The largest absolute Gasteiger partial charge is 0.416 e. The van der Waals surface area contributed by atoms with Crippen molar-refractivity contribution in [2.24, 2.45) is 0 Å². The molecule has 0 unspecified atom stereocenters. The third-order valence-electron chi connectivity index (χ3n) is 5.22. The van der Waals surface area contributed by atoms with E-state index in [0.717, 1.165) is 29.3 Å². The monoisotopic (exact) mass is 490 g/mol. The molecule has 34 heavy (non-hydrogen) atoms. The van der Waals surface area contributed by atoms with Gasteiger partial charge < -0.3 is 5.32 Å². The maximum absolute atomic E-state index is 13.4. The Bertz CT molecular complexity index is 1250. The van der Waals surface area contributed by atoms with Gasteiger partial charge in [0.1, 0.15) is 6.54 Å². The third-order valence-corrected chi connectivity index (χ3v) is 7.01. The van der Waals surface area contributed by atoms with Crippen LogP contribution in [0, 0.1) is 6.92 Å². The Kier molecular flexibility index (Phi) is 7.35. The Morgan fingerprint density at radius 1 is 0.971 bits per heavy atom. The molecular formula is C25H25F3N2O3S. The molecule has 1 N–H and O–H groups in total. The summed E-state index contributed by atoms with van der Waals surface area (Å²) in [7, 11) is -4.33. The fourth-order valence-electron chi connectivity index (χ4n) is 3.27. The van der Waals surface area contributed by atoms with Gasteiger partial charge in [-0.15, -0.1) is 0 Å². The van der Waals surface area contributed by atoms with E-state index in [-0.39, 0.29) is 10.6 Å². The zero-order valence-corrected chi connectivity index (χ0v) is 19.7. The lowest BCUT2D eigenvalue weighted by Gasteiger charge is -2.25. The third kappa shape index (κ3) is 5.96.